The number of anilines is 2. The van der Waals surface area contributed by atoms with E-state index >= 15 is 0 Å². The van der Waals surface area contributed by atoms with Gasteiger partial charge in [0.2, 0.25) is 11.8 Å². The van der Waals surface area contributed by atoms with Crippen LogP contribution >= 0.6 is 22.6 Å². The van der Waals surface area contributed by atoms with E-state index < -0.39 is 0 Å². The number of nitrogens with zero attached hydrogens (tertiary/aromatic N) is 10. The molecular weight excluding hydrogens is 814 g/mol. The summed E-state index contributed by atoms with van der Waals surface area (Å²) in [5, 5.41) is 15.0. The Labute approximate surface area is 353 Å². The van der Waals surface area contributed by atoms with E-state index in [0.29, 0.717) is 29.6 Å². The third kappa shape index (κ3) is 10.3. The van der Waals surface area contributed by atoms with E-state index in [1.54, 1.807) is 26.5 Å². The van der Waals surface area contributed by atoms with Crippen LogP contribution in [0.3, 0.4) is 0 Å². The molecule has 8 rings (SSSR count). The minimum atomic E-state index is -0.167. The van der Waals surface area contributed by atoms with E-state index in [1.165, 1.54) is 0 Å². The largest absolute Gasteiger partial charge is 1.00 e. The molecule has 2 atom stereocenters. The number of hydrogen-bond acceptors (Lipinski definition) is 12. The molecule has 2 aliphatic carbocycles. The normalized spacial score (nSPS) is 19.4. The van der Waals surface area contributed by atoms with Crippen molar-refractivity contribution in [1.29, 1.82) is 0 Å². The SMILES string of the molecule is CC(C)O.CCn1c(I)nc2c(N[C@H]3CCN(C(=O)C4CC4)C3)ncnc21.CCn1c(OC(C)C)nc2c(N[C@H]3CCN(C(=O)C4CC4)C3)ncnc21.[H-].[Na+]. The quantitative estimate of drug-likeness (QED) is 0.119. The van der Waals surface area contributed by atoms with Crippen molar-refractivity contribution in [2.24, 2.45) is 11.8 Å². The number of fused-ring (bicyclic) bond motifs is 2. The van der Waals surface area contributed by atoms with E-state index in [2.05, 4.69) is 74.6 Å². The maximum absolute atomic E-state index is 12.2. The van der Waals surface area contributed by atoms with Gasteiger partial charge in [-0.15, -0.1) is 0 Å². The summed E-state index contributed by atoms with van der Waals surface area (Å²) in [6.45, 7) is 16.2. The third-order valence-electron chi connectivity index (χ3n) is 9.49. The Morgan fingerprint density at radius 2 is 1.24 bits per heavy atom. The molecule has 2 saturated carbocycles. The van der Waals surface area contributed by atoms with Crippen LogP contribution < -0.4 is 44.9 Å². The molecule has 0 aromatic carbocycles. The Bertz CT molecular complexity index is 1900. The first-order valence-electron chi connectivity index (χ1n) is 19.0. The number of rotatable bonds is 10. The van der Waals surface area contributed by atoms with E-state index in [0.717, 1.165) is 110 Å². The Balaban J connectivity index is 0.000000217. The van der Waals surface area contributed by atoms with Crippen LogP contribution in [0.15, 0.2) is 12.7 Å². The number of nitrogens with one attached hydrogen (secondary N) is 2. The minimum absolute atomic E-state index is 0. The van der Waals surface area contributed by atoms with E-state index in [9.17, 15) is 9.59 Å². The van der Waals surface area contributed by atoms with Crippen LogP contribution in [0.5, 0.6) is 6.01 Å². The molecule has 2 saturated heterocycles. The van der Waals surface area contributed by atoms with E-state index in [1.807, 2.05) is 35.1 Å². The van der Waals surface area contributed by atoms with Crippen LogP contribution in [0.1, 0.15) is 81.5 Å². The molecule has 0 unspecified atom stereocenters. The van der Waals surface area contributed by atoms with Gasteiger partial charge in [0, 0.05) is 91.9 Å². The summed E-state index contributed by atoms with van der Waals surface area (Å²) in [5.41, 5.74) is 3.16. The molecule has 290 valence electrons. The van der Waals surface area contributed by atoms with Crippen LogP contribution in [-0.4, -0.2) is 116 Å². The topological polar surface area (TPSA) is 181 Å². The zero-order valence-electron chi connectivity index (χ0n) is 33.6. The van der Waals surface area contributed by atoms with Gasteiger partial charge in [-0.3, -0.25) is 14.2 Å². The Kier molecular flexibility index (Phi) is 14.8. The molecule has 54 heavy (non-hydrogen) atoms. The maximum atomic E-state index is 12.2. The molecule has 2 amide bonds. The number of carbonyl (C=O) groups excluding carboxylic acids is 2. The average molecular weight is 869 g/mol. The van der Waals surface area contributed by atoms with E-state index in [-0.39, 0.29) is 61.2 Å². The Morgan fingerprint density at radius 1 is 0.796 bits per heavy atom. The number of halogens is 1. The van der Waals surface area contributed by atoms with Crippen molar-refractivity contribution in [1.82, 2.24) is 48.8 Å². The first-order valence-corrected chi connectivity index (χ1v) is 20.1. The summed E-state index contributed by atoms with van der Waals surface area (Å²) in [4.78, 5) is 55.1. The van der Waals surface area contributed by atoms with Gasteiger partial charge < -0.3 is 36.3 Å². The van der Waals surface area contributed by atoms with Crippen LogP contribution in [0.2, 0.25) is 0 Å². The molecule has 3 N–H and O–H groups in total. The summed E-state index contributed by atoms with van der Waals surface area (Å²) >= 11 is 2.22. The maximum Gasteiger partial charge on any atom is 1.00 e. The van der Waals surface area contributed by atoms with Gasteiger partial charge in [0.15, 0.2) is 37.8 Å². The van der Waals surface area contributed by atoms with Crippen LogP contribution in [0, 0.1) is 15.7 Å². The average Bonchev–Trinajstić information content (AvgIpc) is 3.99. The predicted molar refractivity (Wildman–Crippen MR) is 212 cm³/mol. The number of likely N-dealkylation sites (tertiary alicyclic amines) is 2. The number of amides is 2. The zero-order valence-corrected chi connectivity index (χ0v) is 36.8. The van der Waals surface area contributed by atoms with Gasteiger partial charge in [0.05, 0.1) is 6.10 Å². The molecule has 0 radical (unpaired) electrons. The van der Waals surface area contributed by atoms with Gasteiger partial charge in [-0.1, -0.05) is 0 Å². The number of aromatic nitrogens is 8. The van der Waals surface area contributed by atoms with Gasteiger partial charge in [-0.2, -0.15) is 4.98 Å². The minimum Gasteiger partial charge on any atom is -1.00 e. The monoisotopic (exact) mass is 868 g/mol. The Hall–Kier alpha value is -2.87. The summed E-state index contributed by atoms with van der Waals surface area (Å²) in [6, 6.07) is 0.996. The second-order valence-corrected chi connectivity index (χ2v) is 15.7. The molecule has 4 fully saturated rings. The number of aliphatic hydroxyl groups excluding tert-OH is 1. The summed E-state index contributed by atoms with van der Waals surface area (Å²) in [7, 11) is 0. The fraction of sp³-hybridized carbons (Fsp3) is 0.667. The van der Waals surface area contributed by atoms with Crippen molar-refractivity contribution in [2.75, 3.05) is 36.8 Å². The number of aliphatic hydroxyl groups is 1. The van der Waals surface area contributed by atoms with Crippen molar-refractivity contribution in [2.45, 2.75) is 117 Å². The number of carbonyl (C=O) groups is 2. The molecule has 6 heterocycles. The van der Waals surface area contributed by atoms with Crippen molar-refractivity contribution < 1.29 is 50.4 Å². The molecule has 18 heteroatoms. The van der Waals surface area contributed by atoms with Gasteiger partial charge in [-0.25, -0.2) is 24.9 Å². The van der Waals surface area contributed by atoms with Crippen molar-refractivity contribution in [3.8, 4) is 6.01 Å². The molecule has 0 spiro atoms. The third-order valence-corrected chi connectivity index (χ3v) is 10.3. The van der Waals surface area contributed by atoms with Gasteiger partial charge in [-0.05, 0) is 80.1 Å². The molecule has 4 aromatic rings. The van der Waals surface area contributed by atoms with Crippen molar-refractivity contribution in [3.05, 3.63) is 16.5 Å². The molecule has 4 aliphatic rings. The first-order chi connectivity index (χ1) is 25.5. The number of imidazole rings is 2. The fourth-order valence-corrected chi connectivity index (χ4v) is 7.43. The van der Waals surface area contributed by atoms with Gasteiger partial charge in [0.1, 0.15) is 12.7 Å². The second kappa shape index (κ2) is 18.8. The molecule has 16 nitrogen and oxygen atoms in total. The second-order valence-electron chi connectivity index (χ2n) is 14.7. The van der Waals surface area contributed by atoms with Crippen LogP contribution in [-0.2, 0) is 22.7 Å². The summed E-state index contributed by atoms with van der Waals surface area (Å²) in [6.07, 6.45) is 9.11. The van der Waals surface area contributed by atoms with E-state index in [4.69, 9.17) is 9.84 Å². The standard InChI is InChI=1S/C18H26N6O2.C15H19IN6O.C3H8O.Na.H/c1-4-24-16-14(22-18(24)26-11(2)3)15(19-10-20-16)21-13-7-8-23(9-13)17(25)12-5-6-12;1-2-22-13-11(20-15(22)16)12(17-8-18-13)19-10-5-6-21(7-10)14(23)9-3-4-9;1-3(2)4;;/h10-13H,4-9H2,1-3H3,(H,19,20,21);8-10H,2-7H2,1H3,(H,17,18,19);3-4H,1-2H3;;/q;;;+1;-1/t13-;10-;;;/m00.../s1. The predicted octanol–water partition coefficient (Wildman–Crippen LogP) is 1.43. The molecule has 2 aliphatic heterocycles. The molecule has 0 bridgehead atoms. The van der Waals surface area contributed by atoms with Crippen molar-refractivity contribution >= 4 is 68.4 Å². The zero-order chi connectivity index (χ0) is 37.8. The fourth-order valence-electron chi connectivity index (χ4n) is 6.62. The van der Waals surface area contributed by atoms with Gasteiger partial charge in [0.25, 0.3) is 6.01 Å². The summed E-state index contributed by atoms with van der Waals surface area (Å²) < 4.78 is 10.8. The first kappa shape index (κ1) is 42.3. The number of ether oxygens (including phenoxy) is 1. The molecule has 4 aromatic heterocycles. The van der Waals surface area contributed by atoms with Crippen molar-refractivity contribution in [3.63, 3.8) is 0 Å². The van der Waals surface area contributed by atoms with Gasteiger partial charge >= 0.3 is 29.6 Å². The smallest absolute Gasteiger partial charge is 1.00 e. The number of hydrogen-bond donors (Lipinski definition) is 3. The van der Waals surface area contributed by atoms with Crippen LogP contribution in [0.25, 0.3) is 22.3 Å². The number of aryl methyl sites for hydroxylation is 2. The Morgan fingerprint density at radius 3 is 1.67 bits per heavy atom. The molecular formula is C36H54IN12NaO4. The van der Waals surface area contributed by atoms with Crippen LogP contribution in [0.4, 0.5) is 11.6 Å². The summed E-state index contributed by atoms with van der Waals surface area (Å²) in [5.74, 6) is 2.68.